The minimum absolute atomic E-state index is 0.101. The van der Waals surface area contributed by atoms with Crippen LogP contribution in [0.1, 0.15) is 32.6 Å². The molecule has 0 bridgehead atoms. The molecule has 0 radical (unpaired) electrons. The standard InChI is InChI=1S/C15H21N3O2/c1-2-6-11(16)15(20)17-12-7-3-4-8-13(12)18-10-5-9-14(18)19/h3-4,7-8,11H,2,5-6,9-10,16H2,1H3,(H,17,20). The van der Waals surface area contributed by atoms with Crippen LogP contribution in [-0.4, -0.2) is 24.4 Å². The Kier molecular flexibility index (Phi) is 4.74. The van der Waals surface area contributed by atoms with Gasteiger partial charge in [0, 0.05) is 13.0 Å². The van der Waals surface area contributed by atoms with Crippen LogP contribution in [0.25, 0.3) is 0 Å². The first-order valence-corrected chi connectivity index (χ1v) is 7.09. The van der Waals surface area contributed by atoms with Crippen LogP contribution in [0.15, 0.2) is 24.3 Å². The van der Waals surface area contributed by atoms with Gasteiger partial charge in [0.15, 0.2) is 0 Å². The van der Waals surface area contributed by atoms with E-state index in [2.05, 4.69) is 5.32 Å². The highest BCUT2D eigenvalue weighted by atomic mass is 16.2. The molecular formula is C15H21N3O2. The summed E-state index contributed by atoms with van der Waals surface area (Å²) in [5.74, 6) is -0.101. The molecule has 1 fully saturated rings. The summed E-state index contributed by atoms with van der Waals surface area (Å²) in [5, 5.41) is 2.83. The summed E-state index contributed by atoms with van der Waals surface area (Å²) in [6.45, 7) is 2.69. The van der Waals surface area contributed by atoms with E-state index in [0.29, 0.717) is 25.1 Å². The van der Waals surface area contributed by atoms with Crippen LogP contribution in [0.5, 0.6) is 0 Å². The van der Waals surface area contributed by atoms with Gasteiger partial charge in [-0.3, -0.25) is 9.59 Å². The van der Waals surface area contributed by atoms with Gasteiger partial charge in [0.05, 0.1) is 17.4 Å². The molecule has 0 aromatic heterocycles. The molecule has 20 heavy (non-hydrogen) atoms. The molecule has 1 unspecified atom stereocenters. The molecule has 1 saturated heterocycles. The first-order chi connectivity index (χ1) is 9.63. The highest BCUT2D eigenvalue weighted by Crippen LogP contribution is 2.29. The zero-order valence-corrected chi connectivity index (χ0v) is 11.8. The number of carbonyl (C=O) groups excluding carboxylic acids is 2. The van der Waals surface area contributed by atoms with E-state index < -0.39 is 6.04 Å². The molecule has 1 atom stereocenters. The summed E-state index contributed by atoms with van der Waals surface area (Å²) in [6, 6.07) is 6.84. The number of nitrogens with two attached hydrogens (primary N) is 1. The van der Waals surface area contributed by atoms with Crippen molar-refractivity contribution in [2.75, 3.05) is 16.8 Å². The number of benzene rings is 1. The molecule has 5 nitrogen and oxygen atoms in total. The summed E-state index contributed by atoms with van der Waals surface area (Å²) in [5.41, 5.74) is 7.22. The van der Waals surface area contributed by atoms with Crippen molar-refractivity contribution >= 4 is 23.2 Å². The smallest absolute Gasteiger partial charge is 0.241 e. The summed E-state index contributed by atoms with van der Waals surface area (Å²) in [4.78, 5) is 25.6. The van der Waals surface area contributed by atoms with E-state index in [1.54, 1.807) is 11.0 Å². The van der Waals surface area contributed by atoms with Crippen LogP contribution in [0.2, 0.25) is 0 Å². The highest BCUT2D eigenvalue weighted by Gasteiger charge is 2.24. The Hall–Kier alpha value is -1.88. The lowest BCUT2D eigenvalue weighted by Crippen LogP contribution is -2.36. The van der Waals surface area contributed by atoms with Gasteiger partial charge in [-0.1, -0.05) is 25.5 Å². The van der Waals surface area contributed by atoms with Gasteiger partial charge in [-0.05, 0) is 25.0 Å². The van der Waals surface area contributed by atoms with E-state index in [0.717, 1.165) is 18.5 Å². The van der Waals surface area contributed by atoms with E-state index in [-0.39, 0.29) is 11.8 Å². The Morgan fingerprint density at radius 1 is 1.45 bits per heavy atom. The molecule has 0 saturated carbocycles. The van der Waals surface area contributed by atoms with Gasteiger partial charge in [-0.15, -0.1) is 0 Å². The van der Waals surface area contributed by atoms with Gasteiger partial charge in [0.1, 0.15) is 0 Å². The number of anilines is 2. The summed E-state index contributed by atoms with van der Waals surface area (Å²) in [6.07, 6.45) is 2.94. The largest absolute Gasteiger partial charge is 0.323 e. The topological polar surface area (TPSA) is 75.4 Å². The van der Waals surface area contributed by atoms with Gasteiger partial charge < -0.3 is 16.0 Å². The third-order valence-electron chi connectivity index (χ3n) is 3.46. The van der Waals surface area contributed by atoms with E-state index in [4.69, 9.17) is 5.73 Å². The summed E-state index contributed by atoms with van der Waals surface area (Å²) >= 11 is 0. The van der Waals surface area contributed by atoms with E-state index in [9.17, 15) is 9.59 Å². The minimum atomic E-state index is -0.512. The molecule has 3 N–H and O–H groups in total. The van der Waals surface area contributed by atoms with Gasteiger partial charge in [-0.2, -0.15) is 0 Å². The lowest BCUT2D eigenvalue weighted by molar-refractivity contribution is -0.118. The lowest BCUT2D eigenvalue weighted by Gasteiger charge is -2.21. The molecular weight excluding hydrogens is 254 g/mol. The second-order valence-electron chi connectivity index (χ2n) is 5.05. The van der Waals surface area contributed by atoms with Crippen LogP contribution >= 0.6 is 0 Å². The maximum atomic E-state index is 12.0. The molecule has 1 aliphatic rings. The SMILES string of the molecule is CCCC(N)C(=O)Nc1ccccc1N1CCCC1=O. The number of hydrogen-bond acceptors (Lipinski definition) is 3. The predicted octanol–water partition coefficient (Wildman–Crippen LogP) is 1.88. The molecule has 108 valence electrons. The van der Waals surface area contributed by atoms with Gasteiger partial charge in [0.2, 0.25) is 11.8 Å². The first-order valence-electron chi connectivity index (χ1n) is 7.09. The maximum absolute atomic E-state index is 12.0. The first kappa shape index (κ1) is 14.5. The molecule has 1 aliphatic heterocycles. The van der Waals surface area contributed by atoms with E-state index >= 15 is 0 Å². The molecule has 5 heteroatoms. The van der Waals surface area contributed by atoms with E-state index in [1.165, 1.54) is 0 Å². The fourth-order valence-electron chi connectivity index (χ4n) is 2.39. The van der Waals surface area contributed by atoms with Gasteiger partial charge in [0.25, 0.3) is 0 Å². The summed E-state index contributed by atoms with van der Waals surface area (Å²) in [7, 11) is 0. The normalized spacial score (nSPS) is 16.3. The third-order valence-corrected chi connectivity index (χ3v) is 3.46. The number of amides is 2. The van der Waals surface area contributed by atoms with Crippen molar-refractivity contribution in [3.63, 3.8) is 0 Å². The Labute approximate surface area is 119 Å². The van der Waals surface area contributed by atoms with Crippen molar-refractivity contribution < 1.29 is 9.59 Å². The Morgan fingerprint density at radius 2 is 2.20 bits per heavy atom. The fourth-order valence-corrected chi connectivity index (χ4v) is 2.39. The molecule has 0 aliphatic carbocycles. The monoisotopic (exact) mass is 275 g/mol. The number of nitrogens with one attached hydrogen (secondary N) is 1. The van der Waals surface area contributed by atoms with Gasteiger partial charge in [-0.25, -0.2) is 0 Å². The van der Waals surface area contributed by atoms with Gasteiger partial charge >= 0.3 is 0 Å². The summed E-state index contributed by atoms with van der Waals surface area (Å²) < 4.78 is 0. The number of carbonyl (C=O) groups is 2. The zero-order valence-electron chi connectivity index (χ0n) is 11.8. The van der Waals surface area contributed by atoms with Crippen molar-refractivity contribution in [1.29, 1.82) is 0 Å². The zero-order chi connectivity index (χ0) is 14.5. The third kappa shape index (κ3) is 3.17. The van der Waals surface area contributed by atoms with Crippen molar-refractivity contribution in [2.24, 2.45) is 5.73 Å². The molecule has 1 heterocycles. The Morgan fingerprint density at radius 3 is 2.85 bits per heavy atom. The molecule has 2 rings (SSSR count). The second kappa shape index (κ2) is 6.52. The molecule has 1 aromatic rings. The number of hydrogen-bond donors (Lipinski definition) is 2. The van der Waals surface area contributed by atoms with Crippen molar-refractivity contribution in [1.82, 2.24) is 0 Å². The quantitative estimate of drug-likeness (QED) is 0.861. The number of para-hydroxylation sites is 2. The maximum Gasteiger partial charge on any atom is 0.241 e. The lowest BCUT2D eigenvalue weighted by atomic mass is 10.1. The van der Waals surface area contributed by atoms with Crippen LogP contribution in [-0.2, 0) is 9.59 Å². The fraction of sp³-hybridized carbons (Fsp3) is 0.467. The van der Waals surface area contributed by atoms with Crippen molar-refractivity contribution in [3.8, 4) is 0 Å². The molecule has 0 spiro atoms. The Bertz CT molecular complexity index is 502. The van der Waals surface area contributed by atoms with Crippen molar-refractivity contribution in [3.05, 3.63) is 24.3 Å². The minimum Gasteiger partial charge on any atom is -0.323 e. The van der Waals surface area contributed by atoms with Crippen molar-refractivity contribution in [2.45, 2.75) is 38.6 Å². The van der Waals surface area contributed by atoms with Crippen LogP contribution in [0.4, 0.5) is 11.4 Å². The van der Waals surface area contributed by atoms with Crippen LogP contribution in [0, 0.1) is 0 Å². The highest BCUT2D eigenvalue weighted by molar-refractivity contribution is 6.03. The second-order valence-corrected chi connectivity index (χ2v) is 5.05. The molecule has 1 aromatic carbocycles. The average Bonchev–Trinajstić information content (AvgIpc) is 2.86. The van der Waals surface area contributed by atoms with Crippen LogP contribution < -0.4 is 16.0 Å². The molecule has 2 amide bonds. The number of nitrogens with zero attached hydrogens (tertiary/aromatic N) is 1. The number of rotatable bonds is 5. The average molecular weight is 275 g/mol. The Balaban J connectivity index is 2.16. The predicted molar refractivity (Wildman–Crippen MR) is 79.5 cm³/mol. The van der Waals surface area contributed by atoms with E-state index in [1.807, 2.05) is 25.1 Å². The van der Waals surface area contributed by atoms with Crippen LogP contribution in [0.3, 0.4) is 0 Å².